The molecule has 0 spiro atoms. The molecule has 2 aliphatic rings. The summed E-state index contributed by atoms with van der Waals surface area (Å²) >= 11 is 0. The zero-order valence-electron chi connectivity index (χ0n) is 15.1. The Bertz CT molecular complexity index is 814. The molecule has 0 aromatic carbocycles. The van der Waals surface area contributed by atoms with Crippen molar-refractivity contribution in [3.63, 3.8) is 0 Å². The SMILES string of the molecule is CN(C)N1C(N)=C(C#N)C(c2ccncc2)C2=C1CC(C)(C)CC2=O. The maximum absolute atomic E-state index is 13.1. The highest BCUT2D eigenvalue weighted by Crippen LogP contribution is 2.48. The number of carbonyl (C=O) groups excluding carboxylic acids is 1. The number of hydrogen-bond donors (Lipinski definition) is 1. The van der Waals surface area contributed by atoms with Gasteiger partial charge in [0, 0.05) is 44.2 Å². The van der Waals surface area contributed by atoms with E-state index in [9.17, 15) is 10.1 Å². The molecule has 0 bridgehead atoms. The van der Waals surface area contributed by atoms with Gasteiger partial charge in [0.2, 0.25) is 0 Å². The van der Waals surface area contributed by atoms with Crippen LogP contribution in [0.1, 0.15) is 38.2 Å². The predicted molar refractivity (Wildman–Crippen MR) is 94.4 cm³/mol. The minimum absolute atomic E-state index is 0.0835. The van der Waals surface area contributed by atoms with Crippen molar-refractivity contribution in [1.29, 1.82) is 5.26 Å². The Hall–Kier alpha value is -2.65. The monoisotopic (exact) mass is 337 g/mol. The van der Waals surface area contributed by atoms with Gasteiger partial charge >= 0.3 is 0 Å². The number of nitriles is 1. The zero-order valence-corrected chi connectivity index (χ0v) is 15.1. The molecule has 1 aliphatic carbocycles. The molecule has 3 rings (SSSR count). The second kappa shape index (κ2) is 6.01. The average molecular weight is 337 g/mol. The largest absolute Gasteiger partial charge is 0.383 e. The molecule has 2 heterocycles. The van der Waals surface area contributed by atoms with Crippen molar-refractivity contribution in [2.45, 2.75) is 32.6 Å². The average Bonchev–Trinajstić information content (AvgIpc) is 2.53. The Morgan fingerprint density at radius 2 is 1.96 bits per heavy atom. The first-order chi connectivity index (χ1) is 11.8. The Balaban J connectivity index is 2.28. The number of Topliss-reactive ketones (excluding diaryl/α,β-unsaturated/α-hetero) is 1. The van der Waals surface area contributed by atoms with Crippen LogP contribution in [0.5, 0.6) is 0 Å². The number of nitrogens with zero attached hydrogens (tertiary/aromatic N) is 4. The number of hydrogen-bond acceptors (Lipinski definition) is 6. The highest BCUT2D eigenvalue weighted by atomic mass is 16.1. The third-order valence-corrected chi connectivity index (χ3v) is 4.79. The molecule has 1 unspecified atom stereocenters. The highest BCUT2D eigenvalue weighted by Gasteiger charge is 2.44. The molecular weight excluding hydrogens is 314 g/mol. The van der Waals surface area contributed by atoms with E-state index in [2.05, 4.69) is 24.9 Å². The van der Waals surface area contributed by atoms with Gasteiger partial charge < -0.3 is 5.73 Å². The normalized spacial score (nSPS) is 23.0. The third kappa shape index (κ3) is 2.81. The summed E-state index contributed by atoms with van der Waals surface area (Å²) in [7, 11) is 3.73. The fourth-order valence-electron chi connectivity index (χ4n) is 3.84. The molecular formula is C19H23N5O. The summed E-state index contributed by atoms with van der Waals surface area (Å²) in [6, 6.07) is 5.93. The first-order valence-electron chi connectivity index (χ1n) is 8.30. The highest BCUT2D eigenvalue weighted by molar-refractivity contribution is 6.00. The van der Waals surface area contributed by atoms with Crippen LogP contribution in [0.4, 0.5) is 0 Å². The quantitative estimate of drug-likeness (QED) is 0.891. The molecule has 6 heteroatoms. The Labute approximate surface area is 148 Å². The molecule has 0 amide bonds. The van der Waals surface area contributed by atoms with Crippen molar-refractivity contribution >= 4 is 5.78 Å². The third-order valence-electron chi connectivity index (χ3n) is 4.79. The molecule has 1 aliphatic heterocycles. The van der Waals surface area contributed by atoms with Gasteiger partial charge in [0.05, 0.1) is 17.6 Å². The van der Waals surface area contributed by atoms with Crippen molar-refractivity contribution in [3.05, 3.63) is 52.8 Å². The molecule has 1 atom stereocenters. The van der Waals surface area contributed by atoms with E-state index in [0.717, 1.165) is 17.7 Å². The lowest BCUT2D eigenvalue weighted by atomic mass is 9.69. The van der Waals surface area contributed by atoms with Crippen molar-refractivity contribution in [2.24, 2.45) is 11.1 Å². The van der Waals surface area contributed by atoms with Crippen molar-refractivity contribution < 1.29 is 4.79 Å². The van der Waals surface area contributed by atoms with Gasteiger partial charge in [0.1, 0.15) is 5.82 Å². The fourth-order valence-corrected chi connectivity index (χ4v) is 3.84. The molecule has 130 valence electrons. The zero-order chi connectivity index (χ0) is 18.4. The van der Waals surface area contributed by atoms with Crippen LogP contribution in [-0.2, 0) is 4.79 Å². The number of aromatic nitrogens is 1. The number of pyridine rings is 1. The van der Waals surface area contributed by atoms with E-state index >= 15 is 0 Å². The van der Waals surface area contributed by atoms with Crippen molar-refractivity contribution in [1.82, 2.24) is 15.0 Å². The standard InChI is InChI=1S/C19H23N5O/c1-19(2)9-14-17(15(25)10-19)16(12-5-7-22-8-6-12)13(11-20)18(21)24(14)23(3)4/h5-8,16H,9-10,21H2,1-4H3. The number of ketones is 1. The number of hydrazine groups is 1. The number of nitrogens with two attached hydrogens (primary N) is 1. The van der Waals surface area contributed by atoms with Crippen LogP contribution >= 0.6 is 0 Å². The summed E-state index contributed by atoms with van der Waals surface area (Å²) in [5.41, 5.74) is 9.10. The Morgan fingerprint density at radius 1 is 1.32 bits per heavy atom. The van der Waals surface area contributed by atoms with Crippen LogP contribution in [-0.4, -0.2) is 34.9 Å². The first-order valence-corrected chi connectivity index (χ1v) is 8.30. The van der Waals surface area contributed by atoms with Gasteiger partial charge in [-0.25, -0.2) is 5.01 Å². The van der Waals surface area contributed by atoms with E-state index in [1.165, 1.54) is 0 Å². The van der Waals surface area contributed by atoms with Gasteiger partial charge in [0.25, 0.3) is 0 Å². The van der Waals surface area contributed by atoms with E-state index in [-0.39, 0.29) is 11.2 Å². The lowest BCUT2D eigenvalue weighted by Crippen LogP contribution is -2.47. The lowest BCUT2D eigenvalue weighted by Gasteiger charge is -2.45. The van der Waals surface area contributed by atoms with Crippen LogP contribution in [0.2, 0.25) is 0 Å². The van der Waals surface area contributed by atoms with E-state index in [4.69, 9.17) is 5.73 Å². The van der Waals surface area contributed by atoms with Gasteiger partial charge in [-0.1, -0.05) is 13.8 Å². The maximum Gasteiger partial charge on any atom is 0.162 e. The second-order valence-electron chi connectivity index (χ2n) is 7.58. The Kier molecular flexibility index (Phi) is 4.13. The fraction of sp³-hybridized carbons (Fsp3) is 0.421. The number of allylic oxidation sites excluding steroid dienone is 3. The van der Waals surface area contributed by atoms with Gasteiger partial charge in [-0.15, -0.1) is 0 Å². The molecule has 0 radical (unpaired) electrons. The van der Waals surface area contributed by atoms with Gasteiger partial charge in [-0.3, -0.25) is 14.8 Å². The van der Waals surface area contributed by atoms with E-state index in [0.29, 0.717) is 23.4 Å². The van der Waals surface area contributed by atoms with Crippen LogP contribution in [0, 0.1) is 16.7 Å². The summed E-state index contributed by atoms with van der Waals surface area (Å²) < 4.78 is 0. The predicted octanol–water partition coefficient (Wildman–Crippen LogP) is 2.29. The smallest absolute Gasteiger partial charge is 0.162 e. The van der Waals surface area contributed by atoms with E-state index in [1.54, 1.807) is 12.4 Å². The molecule has 6 nitrogen and oxygen atoms in total. The minimum Gasteiger partial charge on any atom is -0.383 e. The van der Waals surface area contributed by atoms with Crippen LogP contribution in [0.3, 0.4) is 0 Å². The summed E-state index contributed by atoms with van der Waals surface area (Å²) in [4.78, 5) is 17.1. The number of carbonyl (C=O) groups is 1. The minimum atomic E-state index is -0.428. The molecule has 2 N–H and O–H groups in total. The first kappa shape index (κ1) is 17.2. The van der Waals surface area contributed by atoms with Crippen molar-refractivity contribution in [3.8, 4) is 6.07 Å². The summed E-state index contributed by atoms with van der Waals surface area (Å²) in [6.45, 7) is 4.17. The van der Waals surface area contributed by atoms with Gasteiger partial charge in [-0.05, 0) is 29.5 Å². The molecule has 0 fully saturated rings. The molecule has 0 saturated heterocycles. The van der Waals surface area contributed by atoms with Crippen LogP contribution in [0.15, 0.2) is 47.2 Å². The van der Waals surface area contributed by atoms with Crippen molar-refractivity contribution in [2.75, 3.05) is 14.1 Å². The topological polar surface area (TPSA) is 86.2 Å². The van der Waals surface area contributed by atoms with E-state index < -0.39 is 5.92 Å². The summed E-state index contributed by atoms with van der Waals surface area (Å²) in [5.74, 6) is 0.0431. The number of rotatable bonds is 2. The lowest BCUT2D eigenvalue weighted by molar-refractivity contribution is -0.119. The molecule has 1 aromatic heterocycles. The molecule has 0 saturated carbocycles. The second-order valence-corrected chi connectivity index (χ2v) is 7.58. The van der Waals surface area contributed by atoms with Crippen LogP contribution < -0.4 is 5.73 Å². The summed E-state index contributed by atoms with van der Waals surface area (Å²) in [6.07, 6.45) is 4.55. The summed E-state index contributed by atoms with van der Waals surface area (Å²) in [5, 5.41) is 13.4. The molecule has 25 heavy (non-hydrogen) atoms. The van der Waals surface area contributed by atoms with E-state index in [1.807, 2.05) is 36.2 Å². The van der Waals surface area contributed by atoms with Gasteiger partial charge in [0.15, 0.2) is 5.78 Å². The van der Waals surface area contributed by atoms with Gasteiger partial charge in [-0.2, -0.15) is 5.26 Å². The van der Waals surface area contributed by atoms with Crippen LogP contribution in [0.25, 0.3) is 0 Å². The Morgan fingerprint density at radius 3 is 2.52 bits per heavy atom. The molecule has 1 aromatic rings. The maximum atomic E-state index is 13.1.